The van der Waals surface area contributed by atoms with E-state index in [4.69, 9.17) is 22.1 Å². The smallest absolute Gasteiger partial charge is 0.338 e. The van der Waals surface area contributed by atoms with E-state index in [0.717, 1.165) is 0 Å². The summed E-state index contributed by atoms with van der Waals surface area (Å²) >= 11 is 8.90. The fraction of sp³-hybridized carbons (Fsp3) is 0.0714. The zero-order valence-corrected chi connectivity index (χ0v) is 12.5. The van der Waals surface area contributed by atoms with Crippen LogP contribution in [0.25, 0.3) is 0 Å². The maximum absolute atomic E-state index is 13.0. The third-order valence-corrected chi connectivity index (χ3v) is 3.26. The lowest BCUT2D eigenvalue weighted by Crippen LogP contribution is -2.06. The number of benzene rings is 2. The fourth-order valence-corrected chi connectivity index (χ4v) is 2.31. The van der Waals surface area contributed by atoms with Crippen molar-refractivity contribution < 1.29 is 13.9 Å². The van der Waals surface area contributed by atoms with Gasteiger partial charge in [0.05, 0.1) is 10.6 Å². The molecule has 0 saturated heterocycles. The maximum atomic E-state index is 13.0. The fourth-order valence-electron chi connectivity index (χ4n) is 1.59. The van der Waals surface area contributed by atoms with Crippen LogP contribution in [0.1, 0.15) is 15.9 Å². The molecular formula is C14H10BrClFNO2. The van der Waals surface area contributed by atoms with E-state index in [0.29, 0.717) is 21.3 Å². The van der Waals surface area contributed by atoms with E-state index in [1.54, 1.807) is 12.1 Å². The van der Waals surface area contributed by atoms with Gasteiger partial charge in [0, 0.05) is 10.2 Å². The van der Waals surface area contributed by atoms with Gasteiger partial charge in [-0.1, -0.05) is 33.6 Å². The van der Waals surface area contributed by atoms with Gasteiger partial charge in [-0.15, -0.1) is 0 Å². The molecule has 0 aliphatic carbocycles. The number of hydrogen-bond donors (Lipinski definition) is 1. The zero-order chi connectivity index (χ0) is 14.7. The van der Waals surface area contributed by atoms with Crippen LogP contribution in [0.2, 0.25) is 5.02 Å². The summed E-state index contributed by atoms with van der Waals surface area (Å²) in [5.74, 6) is -1.03. The number of halogens is 3. The molecule has 20 heavy (non-hydrogen) atoms. The predicted octanol–water partition coefficient (Wildman–Crippen LogP) is 4.18. The van der Waals surface area contributed by atoms with Crippen LogP contribution in [0.5, 0.6) is 0 Å². The summed E-state index contributed by atoms with van der Waals surface area (Å²) < 4.78 is 18.8. The first-order chi connectivity index (χ1) is 9.45. The lowest BCUT2D eigenvalue weighted by molar-refractivity contribution is 0.0472. The first-order valence-corrected chi connectivity index (χ1v) is 6.80. The predicted molar refractivity (Wildman–Crippen MR) is 79.1 cm³/mol. The van der Waals surface area contributed by atoms with Gasteiger partial charge in [-0.25, -0.2) is 9.18 Å². The van der Waals surface area contributed by atoms with E-state index in [1.807, 2.05) is 0 Å². The zero-order valence-electron chi connectivity index (χ0n) is 10.2. The highest BCUT2D eigenvalue weighted by molar-refractivity contribution is 9.10. The highest BCUT2D eigenvalue weighted by Gasteiger charge is 2.10. The average molecular weight is 359 g/mol. The number of nitrogen functional groups attached to an aromatic ring is 1. The Bertz CT molecular complexity index is 643. The molecule has 0 spiro atoms. The second-order valence-electron chi connectivity index (χ2n) is 4.10. The molecule has 0 radical (unpaired) electrons. The molecule has 0 saturated carbocycles. The van der Waals surface area contributed by atoms with Crippen LogP contribution < -0.4 is 5.73 Å². The largest absolute Gasteiger partial charge is 0.457 e. The molecule has 0 amide bonds. The molecule has 0 unspecified atom stereocenters. The van der Waals surface area contributed by atoms with Gasteiger partial charge in [0.15, 0.2) is 0 Å². The van der Waals surface area contributed by atoms with Crippen LogP contribution in [0.4, 0.5) is 10.1 Å². The summed E-state index contributed by atoms with van der Waals surface area (Å²) in [7, 11) is 0. The van der Waals surface area contributed by atoms with Crippen molar-refractivity contribution in [2.24, 2.45) is 0 Å². The van der Waals surface area contributed by atoms with Gasteiger partial charge in [-0.2, -0.15) is 0 Å². The minimum Gasteiger partial charge on any atom is -0.457 e. The summed E-state index contributed by atoms with van der Waals surface area (Å²) in [6.07, 6.45) is 0. The Morgan fingerprint density at radius 1 is 1.30 bits per heavy atom. The molecular weight excluding hydrogens is 349 g/mol. The molecule has 0 bridgehead atoms. The van der Waals surface area contributed by atoms with Crippen molar-refractivity contribution in [1.82, 2.24) is 0 Å². The van der Waals surface area contributed by atoms with Gasteiger partial charge in [0.25, 0.3) is 0 Å². The topological polar surface area (TPSA) is 52.3 Å². The quantitative estimate of drug-likeness (QED) is 0.661. The van der Waals surface area contributed by atoms with Crippen LogP contribution in [0.15, 0.2) is 40.9 Å². The summed E-state index contributed by atoms with van der Waals surface area (Å²) in [6, 6.07) is 8.95. The van der Waals surface area contributed by atoms with E-state index in [1.165, 1.54) is 24.3 Å². The van der Waals surface area contributed by atoms with Crippen molar-refractivity contribution >= 4 is 39.2 Å². The molecule has 0 aliphatic rings. The third kappa shape index (κ3) is 3.71. The van der Waals surface area contributed by atoms with Crippen molar-refractivity contribution in [3.05, 3.63) is 62.8 Å². The van der Waals surface area contributed by atoms with Gasteiger partial charge in [0.1, 0.15) is 12.4 Å². The number of rotatable bonds is 3. The highest BCUT2D eigenvalue weighted by atomic mass is 79.9. The Kier molecular flexibility index (Phi) is 4.62. The van der Waals surface area contributed by atoms with Crippen molar-refractivity contribution in [3.8, 4) is 0 Å². The minimum atomic E-state index is -0.515. The second kappa shape index (κ2) is 6.24. The molecule has 2 N–H and O–H groups in total. The van der Waals surface area contributed by atoms with E-state index in [-0.39, 0.29) is 11.6 Å². The van der Waals surface area contributed by atoms with Crippen LogP contribution in [-0.2, 0) is 11.3 Å². The van der Waals surface area contributed by atoms with Crippen LogP contribution in [-0.4, -0.2) is 5.97 Å². The molecule has 2 aromatic carbocycles. The summed E-state index contributed by atoms with van der Waals surface area (Å²) in [4.78, 5) is 11.9. The van der Waals surface area contributed by atoms with E-state index in [2.05, 4.69) is 15.9 Å². The Labute approximate surface area is 128 Å². The second-order valence-corrected chi connectivity index (χ2v) is 5.42. The van der Waals surface area contributed by atoms with E-state index < -0.39 is 11.8 Å². The number of hydrogen-bond acceptors (Lipinski definition) is 3. The molecule has 0 aromatic heterocycles. The average Bonchev–Trinajstić information content (AvgIpc) is 2.38. The van der Waals surface area contributed by atoms with Crippen molar-refractivity contribution in [3.63, 3.8) is 0 Å². The number of ether oxygens (including phenoxy) is 1. The van der Waals surface area contributed by atoms with Gasteiger partial charge in [0.2, 0.25) is 0 Å². The lowest BCUT2D eigenvalue weighted by Gasteiger charge is -2.07. The van der Waals surface area contributed by atoms with Gasteiger partial charge in [-0.05, 0) is 35.9 Å². The number of nitrogens with two attached hydrogens (primary N) is 1. The first-order valence-electron chi connectivity index (χ1n) is 5.63. The lowest BCUT2D eigenvalue weighted by atomic mass is 10.2. The number of anilines is 1. The Balaban J connectivity index is 2.06. The molecule has 0 heterocycles. The third-order valence-electron chi connectivity index (χ3n) is 2.51. The van der Waals surface area contributed by atoms with E-state index >= 15 is 0 Å². The Hall–Kier alpha value is -1.59. The number of esters is 1. The molecule has 3 nitrogen and oxygen atoms in total. The summed E-state index contributed by atoms with van der Waals surface area (Å²) in [6.45, 7) is 0.00521. The first kappa shape index (κ1) is 14.8. The SMILES string of the molecule is Nc1cc(Br)cc(C(=O)OCc2ccc(F)c(Cl)c2)c1. The van der Waals surface area contributed by atoms with E-state index in [9.17, 15) is 9.18 Å². The standard InChI is InChI=1S/C14H10BrClFNO2/c15-10-4-9(5-11(18)6-10)14(19)20-7-8-1-2-13(17)12(16)3-8/h1-6H,7,18H2. The normalized spacial score (nSPS) is 10.3. The monoisotopic (exact) mass is 357 g/mol. The van der Waals surface area contributed by atoms with Crippen molar-refractivity contribution in [1.29, 1.82) is 0 Å². The Morgan fingerprint density at radius 3 is 2.70 bits per heavy atom. The molecule has 2 aromatic rings. The number of carbonyl (C=O) groups is 1. The molecule has 104 valence electrons. The molecule has 0 fully saturated rings. The minimum absolute atomic E-state index is 0.00521. The summed E-state index contributed by atoms with van der Waals surface area (Å²) in [5.41, 5.74) is 7.04. The van der Waals surface area contributed by atoms with Gasteiger partial charge < -0.3 is 10.5 Å². The molecule has 2 rings (SSSR count). The number of carbonyl (C=O) groups excluding carboxylic acids is 1. The van der Waals surface area contributed by atoms with Crippen LogP contribution in [0.3, 0.4) is 0 Å². The Morgan fingerprint density at radius 2 is 2.05 bits per heavy atom. The van der Waals surface area contributed by atoms with Gasteiger partial charge in [-0.3, -0.25) is 0 Å². The highest BCUT2D eigenvalue weighted by Crippen LogP contribution is 2.19. The van der Waals surface area contributed by atoms with Gasteiger partial charge >= 0.3 is 5.97 Å². The van der Waals surface area contributed by atoms with Crippen molar-refractivity contribution in [2.75, 3.05) is 5.73 Å². The summed E-state index contributed by atoms with van der Waals surface area (Å²) in [5, 5.41) is -0.00903. The van der Waals surface area contributed by atoms with Crippen molar-refractivity contribution in [2.45, 2.75) is 6.61 Å². The molecule has 6 heteroatoms. The maximum Gasteiger partial charge on any atom is 0.338 e. The van der Waals surface area contributed by atoms with Crippen LogP contribution in [0, 0.1) is 5.82 Å². The molecule has 0 atom stereocenters. The van der Waals surface area contributed by atoms with Crippen LogP contribution >= 0.6 is 27.5 Å². The molecule has 0 aliphatic heterocycles.